The van der Waals surface area contributed by atoms with Crippen LogP contribution >= 0.6 is 22.6 Å². The molecule has 0 saturated heterocycles. The van der Waals surface area contributed by atoms with Crippen LogP contribution in [0.3, 0.4) is 0 Å². The summed E-state index contributed by atoms with van der Waals surface area (Å²) in [4.78, 5) is 12.1. The van der Waals surface area contributed by atoms with Gasteiger partial charge >= 0.3 is 0 Å². The molecular weight excluding hydrogens is 365 g/mol. The van der Waals surface area contributed by atoms with Crippen molar-refractivity contribution in [3.8, 4) is 5.75 Å². The summed E-state index contributed by atoms with van der Waals surface area (Å²) in [6.45, 7) is 3.70. The maximum absolute atomic E-state index is 12.1. The smallest absolute Gasteiger partial charge is 0.265 e. The third-order valence-corrected chi connectivity index (χ3v) is 3.62. The van der Waals surface area contributed by atoms with Gasteiger partial charge in [0.15, 0.2) is 6.10 Å². The van der Waals surface area contributed by atoms with Crippen LogP contribution in [0.15, 0.2) is 48.5 Å². The molecule has 0 aromatic heterocycles. The monoisotopic (exact) mass is 381 g/mol. The van der Waals surface area contributed by atoms with E-state index >= 15 is 0 Å². The molecule has 0 aliphatic rings. The first-order chi connectivity index (χ1) is 9.56. The number of amides is 1. The van der Waals surface area contributed by atoms with Crippen molar-refractivity contribution in [1.29, 1.82) is 0 Å². The van der Waals surface area contributed by atoms with Gasteiger partial charge in [-0.25, -0.2) is 0 Å². The molecule has 0 radical (unpaired) electrons. The second kappa shape index (κ2) is 6.74. The quantitative estimate of drug-likeness (QED) is 0.813. The van der Waals surface area contributed by atoms with E-state index in [0.717, 1.165) is 14.8 Å². The average molecular weight is 381 g/mol. The Kier molecular flexibility index (Phi) is 5.00. The van der Waals surface area contributed by atoms with Crippen LogP contribution in [0.4, 0.5) is 5.69 Å². The summed E-state index contributed by atoms with van der Waals surface area (Å²) in [5, 5.41) is 2.88. The molecule has 0 saturated carbocycles. The minimum absolute atomic E-state index is 0.155. The SMILES string of the molecule is Cc1ccccc1NC(=O)C(C)Oc1ccc(I)cc1. The fourth-order valence-electron chi connectivity index (χ4n) is 1.72. The normalized spacial score (nSPS) is 11.8. The predicted molar refractivity (Wildman–Crippen MR) is 89.1 cm³/mol. The maximum atomic E-state index is 12.1. The number of nitrogens with one attached hydrogen (secondary N) is 1. The number of hydrogen-bond donors (Lipinski definition) is 1. The van der Waals surface area contributed by atoms with E-state index in [1.165, 1.54) is 0 Å². The van der Waals surface area contributed by atoms with E-state index in [1.807, 2.05) is 55.5 Å². The molecule has 2 aromatic rings. The number of anilines is 1. The Bertz CT molecular complexity index is 596. The van der Waals surface area contributed by atoms with E-state index in [0.29, 0.717) is 5.75 Å². The van der Waals surface area contributed by atoms with E-state index < -0.39 is 6.10 Å². The summed E-state index contributed by atoms with van der Waals surface area (Å²) in [7, 11) is 0. The van der Waals surface area contributed by atoms with Gasteiger partial charge in [-0.1, -0.05) is 18.2 Å². The number of aryl methyl sites for hydroxylation is 1. The number of hydrogen-bond acceptors (Lipinski definition) is 2. The van der Waals surface area contributed by atoms with Crippen LogP contribution in [-0.4, -0.2) is 12.0 Å². The highest BCUT2D eigenvalue weighted by atomic mass is 127. The molecule has 3 nitrogen and oxygen atoms in total. The number of para-hydroxylation sites is 1. The van der Waals surface area contributed by atoms with Crippen molar-refractivity contribution >= 4 is 34.2 Å². The molecule has 0 aliphatic heterocycles. The van der Waals surface area contributed by atoms with Crippen molar-refractivity contribution in [2.75, 3.05) is 5.32 Å². The lowest BCUT2D eigenvalue weighted by atomic mass is 10.2. The summed E-state index contributed by atoms with van der Waals surface area (Å²) in [6.07, 6.45) is -0.547. The third kappa shape index (κ3) is 3.96. The van der Waals surface area contributed by atoms with E-state index in [2.05, 4.69) is 27.9 Å². The number of halogens is 1. The van der Waals surface area contributed by atoms with Crippen molar-refractivity contribution in [2.45, 2.75) is 20.0 Å². The van der Waals surface area contributed by atoms with Gasteiger partial charge < -0.3 is 10.1 Å². The number of rotatable bonds is 4. The minimum Gasteiger partial charge on any atom is -0.481 e. The molecule has 2 aromatic carbocycles. The van der Waals surface area contributed by atoms with Gasteiger partial charge in [-0.05, 0) is 72.3 Å². The molecule has 0 fully saturated rings. The van der Waals surface area contributed by atoms with Gasteiger partial charge in [-0.3, -0.25) is 4.79 Å². The largest absolute Gasteiger partial charge is 0.481 e. The first-order valence-electron chi connectivity index (χ1n) is 6.35. The van der Waals surface area contributed by atoms with Crippen molar-refractivity contribution in [2.24, 2.45) is 0 Å². The van der Waals surface area contributed by atoms with Crippen LogP contribution in [0.2, 0.25) is 0 Å². The van der Waals surface area contributed by atoms with Crippen molar-refractivity contribution in [1.82, 2.24) is 0 Å². The molecular formula is C16H16INO2. The van der Waals surface area contributed by atoms with Crippen molar-refractivity contribution < 1.29 is 9.53 Å². The third-order valence-electron chi connectivity index (χ3n) is 2.90. The van der Waals surface area contributed by atoms with E-state index in [4.69, 9.17) is 4.74 Å². The Morgan fingerprint density at radius 1 is 1.15 bits per heavy atom. The highest BCUT2D eigenvalue weighted by Gasteiger charge is 2.15. The van der Waals surface area contributed by atoms with Gasteiger partial charge in [0.2, 0.25) is 0 Å². The van der Waals surface area contributed by atoms with Gasteiger partial charge in [0, 0.05) is 9.26 Å². The maximum Gasteiger partial charge on any atom is 0.265 e. The van der Waals surface area contributed by atoms with Gasteiger partial charge in [0.25, 0.3) is 5.91 Å². The average Bonchev–Trinajstić information content (AvgIpc) is 2.44. The van der Waals surface area contributed by atoms with Crippen molar-refractivity contribution in [3.05, 3.63) is 57.7 Å². The molecule has 1 atom stereocenters. The summed E-state index contributed by atoms with van der Waals surface area (Å²) in [5.74, 6) is 0.538. The zero-order chi connectivity index (χ0) is 14.5. The van der Waals surface area contributed by atoms with E-state index in [1.54, 1.807) is 6.92 Å². The zero-order valence-corrected chi connectivity index (χ0v) is 13.5. The fourth-order valence-corrected chi connectivity index (χ4v) is 2.08. The fraction of sp³-hybridized carbons (Fsp3) is 0.188. The molecule has 1 N–H and O–H groups in total. The molecule has 0 heterocycles. The van der Waals surface area contributed by atoms with Crippen LogP contribution in [0.5, 0.6) is 5.75 Å². The van der Waals surface area contributed by atoms with Crippen LogP contribution in [-0.2, 0) is 4.79 Å². The Morgan fingerprint density at radius 3 is 2.45 bits per heavy atom. The van der Waals surface area contributed by atoms with Gasteiger partial charge in [0.1, 0.15) is 5.75 Å². The Morgan fingerprint density at radius 2 is 1.80 bits per heavy atom. The summed E-state index contributed by atoms with van der Waals surface area (Å²) in [5.41, 5.74) is 1.85. The Hall–Kier alpha value is -1.56. The molecule has 1 amide bonds. The molecule has 0 aliphatic carbocycles. The van der Waals surface area contributed by atoms with Crippen LogP contribution < -0.4 is 10.1 Å². The number of carbonyl (C=O) groups excluding carboxylic acids is 1. The van der Waals surface area contributed by atoms with Crippen LogP contribution in [0.25, 0.3) is 0 Å². The molecule has 2 rings (SSSR count). The molecule has 104 valence electrons. The minimum atomic E-state index is -0.547. The highest BCUT2D eigenvalue weighted by Crippen LogP contribution is 2.17. The van der Waals surface area contributed by atoms with E-state index in [-0.39, 0.29) is 5.91 Å². The topological polar surface area (TPSA) is 38.3 Å². The lowest BCUT2D eigenvalue weighted by molar-refractivity contribution is -0.122. The second-order valence-electron chi connectivity index (χ2n) is 4.52. The molecule has 0 bridgehead atoms. The second-order valence-corrected chi connectivity index (χ2v) is 5.76. The summed E-state index contributed by atoms with van der Waals surface area (Å²) in [6, 6.07) is 15.3. The highest BCUT2D eigenvalue weighted by molar-refractivity contribution is 14.1. The number of benzene rings is 2. The zero-order valence-electron chi connectivity index (χ0n) is 11.4. The van der Waals surface area contributed by atoms with Crippen molar-refractivity contribution in [3.63, 3.8) is 0 Å². The first-order valence-corrected chi connectivity index (χ1v) is 7.43. The predicted octanol–water partition coefficient (Wildman–Crippen LogP) is 4.01. The lowest BCUT2D eigenvalue weighted by Crippen LogP contribution is -2.30. The van der Waals surface area contributed by atoms with Gasteiger partial charge in [-0.15, -0.1) is 0 Å². The van der Waals surface area contributed by atoms with Gasteiger partial charge in [0.05, 0.1) is 0 Å². The van der Waals surface area contributed by atoms with Gasteiger partial charge in [-0.2, -0.15) is 0 Å². The first kappa shape index (κ1) is 14.8. The number of carbonyl (C=O) groups is 1. The molecule has 4 heteroatoms. The Labute approximate surface area is 132 Å². The number of ether oxygens (including phenoxy) is 1. The van der Waals surface area contributed by atoms with Crippen LogP contribution in [0.1, 0.15) is 12.5 Å². The molecule has 20 heavy (non-hydrogen) atoms. The van der Waals surface area contributed by atoms with E-state index in [9.17, 15) is 4.79 Å². The molecule has 1 unspecified atom stereocenters. The summed E-state index contributed by atoms with van der Waals surface area (Å²) < 4.78 is 6.76. The molecule has 0 spiro atoms. The Balaban J connectivity index is 1.99. The standard InChI is InChI=1S/C16H16INO2/c1-11-5-3-4-6-15(11)18-16(19)12(2)20-14-9-7-13(17)8-10-14/h3-10,12H,1-2H3,(H,18,19). The van der Waals surface area contributed by atoms with Crippen LogP contribution in [0, 0.1) is 10.5 Å². The lowest BCUT2D eigenvalue weighted by Gasteiger charge is -2.15. The summed E-state index contributed by atoms with van der Waals surface area (Å²) >= 11 is 2.23.